The second kappa shape index (κ2) is 4.75. The molecule has 1 aromatic heterocycles. The molecule has 0 unspecified atom stereocenters. The number of rotatable bonds is 3. The molecule has 1 saturated carbocycles. The van der Waals surface area contributed by atoms with Gasteiger partial charge in [-0.15, -0.1) is 0 Å². The number of hydrogen-bond donors (Lipinski definition) is 0. The van der Waals surface area contributed by atoms with Crippen molar-refractivity contribution >= 4 is 27.5 Å². The summed E-state index contributed by atoms with van der Waals surface area (Å²) in [6.45, 7) is 0. The maximum absolute atomic E-state index is 4.18. The number of alkyl halides is 1. The largest absolute Gasteiger partial charge is 0.201 e. The summed E-state index contributed by atoms with van der Waals surface area (Å²) in [6, 6.07) is 2.17. The van der Waals surface area contributed by atoms with Gasteiger partial charge in [0.05, 0.1) is 0 Å². The molecule has 0 N–H and O–H groups in total. The van der Waals surface area contributed by atoms with Crippen LogP contribution in [0.25, 0.3) is 0 Å². The van der Waals surface area contributed by atoms with E-state index in [0.29, 0.717) is 5.41 Å². The fraction of sp³-hybridized carbons (Fsp3) is 0.727. The van der Waals surface area contributed by atoms with Crippen LogP contribution in [0.2, 0.25) is 0 Å². The lowest BCUT2D eigenvalue weighted by Gasteiger charge is -2.35. The van der Waals surface area contributed by atoms with Gasteiger partial charge in [0, 0.05) is 16.4 Å². The van der Waals surface area contributed by atoms with Gasteiger partial charge in [0.25, 0.3) is 0 Å². The van der Waals surface area contributed by atoms with Crippen molar-refractivity contribution in [1.29, 1.82) is 0 Å². The Morgan fingerprint density at radius 3 is 2.71 bits per heavy atom. The van der Waals surface area contributed by atoms with E-state index in [1.54, 1.807) is 11.5 Å². The predicted molar refractivity (Wildman–Crippen MR) is 65.1 cm³/mol. The lowest BCUT2D eigenvalue weighted by atomic mass is 9.73. The van der Waals surface area contributed by atoms with Crippen LogP contribution in [-0.2, 0) is 6.42 Å². The molecule has 0 radical (unpaired) electrons. The highest BCUT2D eigenvalue weighted by Crippen LogP contribution is 2.41. The van der Waals surface area contributed by atoms with Gasteiger partial charge >= 0.3 is 0 Å². The minimum absolute atomic E-state index is 0.533. The third-order valence-electron chi connectivity index (χ3n) is 3.24. The SMILES string of the molecule is BrCC1(Cc2ccns2)CCCCC1. The Balaban J connectivity index is 2.04. The second-order valence-electron chi connectivity index (χ2n) is 4.35. The smallest absolute Gasteiger partial charge is 0.0409 e. The van der Waals surface area contributed by atoms with E-state index >= 15 is 0 Å². The summed E-state index contributed by atoms with van der Waals surface area (Å²) >= 11 is 5.36. The molecular weight excluding hydrogens is 258 g/mol. The van der Waals surface area contributed by atoms with Crippen LogP contribution >= 0.6 is 27.5 Å². The van der Waals surface area contributed by atoms with E-state index in [0.717, 1.165) is 5.33 Å². The third kappa shape index (κ3) is 2.37. The van der Waals surface area contributed by atoms with E-state index in [9.17, 15) is 0 Å². The van der Waals surface area contributed by atoms with E-state index < -0.39 is 0 Å². The van der Waals surface area contributed by atoms with Crippen LogP contribution in [0.4, 0.5) is 0 Å². The Morgan fingerprint density at radius 2 is 2.14 bits per heavy atom. The highest BCUT2D eigenvalue weighted by molar-refractivity contribution is 9.09. The summed E-state index contributed by atoms with van der Waals surface area (Å²) in [7, 11) is 0. The molecule has 0 saturated heterocycles. The summed E-state index contributed by atoms with van der Waals surface area (Å²) in [5, 5.41) is 1.15. The lowest BCUT2D eigenvalue weighted by molar-refractivity contribution is 0.225. The first-order valence-electron chi connectivity index (χ1n) is 5.30. The van der Waals surface area contributed by atoms with Gasteiger partial charge in [-0.25, -0.2) is 4.37 Å². The summed E-state index contributed by atoms with van der Waals surface area (Å²) in [5.74, 6) is 0. The van der Waals surface area contributed by atoms with Crippen molar-refractivity contribution in [2.75, 3.05) is 5.33 Å². The standard InChI is InChI=1S/C11H16BrNS/c12-9-11(5-2-1-3-6-11)8-10-4-7-13-14-10/h4,7H,1-3,5-6,8-9H2. The van der Waals surface area contributed by atoms with E-state index in [1.165, 1.54) is 43.4 Å². The molecule has 1 nitrogen and oxygen atoms in total. The number of halogens is 1. The molecule has 3 heteroatoms. The molecule has 1 aliphatic rings. The molecule has 14 heavy (non-hydrogen) atoms. The zero-order valence-electron chi connectivity index (χ0n) is 8.34. The van der Waals surface area contributed by atoms with Gasteiger partial charge in [0.15, 0.2) is 0 Å². The molecule has 1 aliphatic carbocycles. The molecule has 1 aromatic rings. The van der Waals surface area contributed by atoms with E-state index in [-0.39, 0.29) is 0 Å². The van der Waals surface area contributed by atoms with Crippen molar-refractivity contribution in [3.05, 3.63) is 17.1 Å². The molecule has 0 amide bonds. The molecule has 1 heterocycles. The molecule has 78 valence electrons. The van der Waals surface area contributed by atoms with E-state index in [2.05, 4.69) is 26.4 Å². The van der Waals surface area contributed by atoms with Crippen molar-refractivity contribution in [1.82, 2.24) is 4.37 Å². The first-order valence-corrected chi connectivity index (χ1v) is 7.20. The van der Waals surface area contributed by atoms with Crippen LogP contribution in [0.1, 0.15) is 37.0 Å². The quantitative estimate of drug-likeness (QED) is 0.758. The summed E-state index contributed by atoms with van der Waals surface area (Å²) in [5.41, 5.74) is 0.533. The molecular formula is C11H16BrNS. The average molecular weight is 274 g/mol. The maximum Gasteiger partial charge on any atom is 0.0409 e. The Bertz CT molecular complexity index is 265. The number of nitrogens with zero attached hydrogens (tertiary/aromatic N) is 1. The molecule has 0 aliphatic heterocycles. The average Bonchev–Trinajstić information content (AvgIpc) is 2.72. The van der Waals surface area contributed by atoms with Gasteiger partial charge in [0.2, 0.25) is 0 Å². The topological polar surface area (TPSA) is 12.9 Å². The summed E-state index contributed by atoms with van der Waals surface area (Å²) in [4.78, 5) is 1.45. The maximum atomic E-state index is 4.18. The number of hydrogen-bond acceptors (Lipinski definition) is 2. The Morgan fingerprint density at radius 1 is 1.36 bits per heavy atom. The highest BCUT2D eigenvalue weighted by Gasteiger charge is 2.31. The fourth-order valence-electron chi connectivity index (χ4n) is 2.36. The first-order chi connectivity index (χ1) is 6.85. The Labute approximate surface area is 98.2 Å². The fourth-order valence-corrected chi connectivity index (χ4v) is 3.87. The van der Waals surface area contributed by atoms with E-state index in [1.807, 2.05) is 6.20 Å². The van der Waals surface area contributed by atoms with Crippen LogP contribution in [0.5, 0.6) is 0 Å². The van der Waals surface area contributed by atoms with Crippen molar-refractivity contribution in [2.24, 2.45) is 5.41 Å². The van der Waals surface area contributed by atoms with E-state index in [4.69, 9.17) is 0 Å². The Kier molecular flexibility index (Phi) is 3.61. The summed E-state index contributed by atoms with van der Waals surface area (Å²) in [6.07, 6.45) is 10.2. The van der Waals surface area contributed by atoms with Gasteiger partial charge in [-0.05, 0) is 42.3 Å². The van der Waals surface area contributed by atoms with Crippen molar-refractivity contribution in [2.45, 2.75) is 38.5 Å². The minimum atomic E-state index is 0.533. The minimum Gasteiger partial charge on any atom is -0.201 e. The molecule has 2 rings (SSSR count). The van der Waals surface area contributed by atoms with Gasteiger partial charge in [-0.3, -0.25) is 0 Å². The monoisotopic (exact) mass is 273 g/mol. The first kappa shape index (κ1) is 10.6. The molecule has 0 aromatic carbocycles. The van der Waals surface area contributed by atoms with Crippen molar-refractivity contribution < 1.29 is 0 Å². The van der Waals surface area contributed by atoms with Crippen LogP contribution in [0.3, 0.4) is 0 Å². The van der Waals surface area contributed by atoms with Crippen LogP contribution in [0, 0.1) is 5.41 Å². The van der Waals surface area contributed by atoms with Gasteiger partial charge in [-0.1, -0.05) is 35.2 Å². The second-order valence-corrected chi connectivity index (χ2v) is 5.83. The van der Waals surface area contributed by atoms with Gasteiger partial charge in [0.1, 0.15) is 0 Å². The molecule has 0 atom stereocenters. The van der Waals surface area contributed by atoms with Crippen molar-refractivity contribution in [3.63, 3.8) is 0 Å². The molecule has 1 fully saturated rings. The van der Waals surface area contributed by atoms with Gasteiger partial charge < -0.3 is 0 Å². The summed E-state index contributed by atoms with van der Waals surface area (Å²) < 4.78 is 4.18. The normalized spacial score (nSPS) is 20.9. The molecule has 0 bridgehead atoms. The zero-order chi connectivity index (χ0) is 9.86. The van der Waals surface area contributed by atoms with Crippen molar-refractivity contribution in [3.8, 4) is 0 Å². The molecule has 0 spiro atoms. The number of aromatic nitrogens is 1. The zero-order valence-corrected chi connectivity index (χ0v) is 10.7. The van der Waals surface area contributed by atoms with Crippen LogP contribution in [-0.4, -0.2) is 9.70 Å². The van der Waals surface area contributed by atoms with Crippen LogP contribution in [0.15, 0.2) is 12.3 Å². The Hall–Kier alpha value is 0.110. The third-order valence-corrected chi connectivity index (χ3v) is 5.17. The van der Waals surface area contributed by atoms with Gasteiger partial charge in [-0.2, -0.15) is 0 Å². The van der Waals surface area contributed by atoms with Crippen LogP contribution < -0.4 is 0 Å². The predicted octanol–water partition coefficient (Wildman–Crippen LogP) is 4.03. The lowest BCUT2D eigenvalue weighted by Crippen LogP contribution is -2.28. The highest BCUT2D eigenvalue weighted by atomic mass is 79.9.